The minimum absolute atomic E-state index is 0.0108. The largest absolute Gasteiger partial charge is 0.301 e. The molecule has 0 bridgehead atoms. The summed E-state index contributed by atoms with van der Waals surface area (Å²) in [5.41, 5.74) is 3.76. The van der Waals surface area contributed by atoms with E-state index in [1.807, 2.05) is 65.6 Å². The number of para-hydroxylation sites is 2. The Balaban J connectivity index is 1.54. The molecule has 28 heavy (non-hydrogen) atoms. The number of hydrogen-bond donors (Lipinski definition) is 0. The van der Waals surface area contributed by atoms with Gasteiger partial charge in [-0.05, 0) is 29.8 Å². The van der Waals surface area contributed by atoms with Crippen LogP contribution in [-0.2, 0) is 11.3 Å². The van der Waals surface area contributed by atoms with E-state index in [4.69, 9.17) is 0 Å². The molecule has 138 valence electrons. The molecule has 5 rings (SSSR count). The Labute approximate surface area is 167 Å². The highest BCUT2D eigenvalue weighted by Crippen LogP contribution is 2.43. The summed E-state index contributed by atoms with van der Waals surface area (Å²) in [4.78, 5) is 16.5. The van der Waals surface area contributed by atoms with Crippen molar-refractivity contribution < 1.29 is 4.79 Å². The fraction of sp³-hybridized carbons (Fsp3) is 0.136. The van der Waals surface area contributed by atoms with Crippen molar-refractivity contribution in [1.29, 1.82) is 0 Å². The van der Waals surface area contributed by atoms with Crippen molar-refractivity contribution in [3.05, 3.63) is 84.4 Å². The van der Waals surface area contributed by atoms with E-state index in [1.165, 1.54) is 0 Å². The van der Waals surface area contributed by atoms with Crippen LogP contribution in [0.15, 0.2) is 83.8 Å². The van der Waals surface area contributed by atoms with Crippen LogP contribution >= 0.6 is 11.8 Å². The van der Waals surface area contributed by atoms with Gasteiger partial charge in [-0.1, -0.05) is 59.8 Å². The highest BCUT2D eigenvalue weighted by Gasteiger charge is 2.32. The number of benzene rings is 3. The van der Waals surface area contributed by atoms with E-state index in [2.05, 4.69) is 28.5 Å². The highest BCUT2D eigenvalue weighted by molar-refractivity contribution is 7.99. The molecule has 0 N–H and O–H groups in total. The van der Waals surface area contributed by atoms with Crippen molar-refractivity contribution in [1.82, 2.24) is 15.0 Å². The number of carbonyl (C=O) groups is 1. The second kappa shape index (κ2) is 7.13. The summed E-state index contributed by atoms with van der Waals surface area (Å²) in [6.07, 6.45) is 0. The highest BCUT2D eigenvalue weighted by atomic mass is 32.2. The van der Waals surface area contributed by atoms with Gasteiger partial charge in [0.15, 0.2) is 0 Å². The van der Waals surface area contributed by atoms with Crippen molar-refractivity contribution >= 4 is 34.4 Å². The number of anilines is 1. The Morgan fingerprint density at radius 3 is 2.61 bits per heavy atom. The van der Waals surface area contributed by atoms with E-state index >= 15 is 0 Å². The molecule has 4 aromatic rings. The van der Waals surface area contributed by atoms with Crippen molar-refractivity contribution in [2.24, 2.45) is 0 Å². The fourth-order valence-corrected chi connectivity index (χ4v) is 4.82. The van der Waals surface area contributed by atoms with Gasteiger partial charge in [0.2, 0.25) is 5.91 Å². The first kappa shape index (κ1) is 17.0. The van der Waals surface area contributed by atoms with Gasteiger partial charge >= 0.3 is 0 Å². The van der Waals surface area contributed by atoms with E-state index in [-0.39, 0.29) is 18.5 Å². The summed E-state index contributed by atoms with van der Waals surface area (Å²) in [5, 5.41) is 8.37. The lowest BCUT2D eigenvalue weighted by Crippen LogP contribution is -2.40. The third-order valence-electron chi connectivity index (χ3n) is 4.99. The Morgan fingerprint density at radius 2 is 1.71 bits per heavy atom. The Hall–Kier alpha value is -3.12. The monoisotopic (exact) mass is 386 g/mol. The molecule has 3 aromatic carbocycles. The van der Waals surface area contributed by atoms with Crippen molar-refractivity contribution in [2.75, 3.05) is 10.7 Å². The molecular weight excluding hydrogens is 368 g/mol. The normalized spacial score (nSPS) is 16.1. The van der Waals surface area contributed by atoms with Gasteiger partial charge in [0.1, 0.15) is 12.1 Å². The molecule has 6 heteroatoms. The SMILES string of the molecule is O=C(Cn1nnc2ccccc21)N1c2ccccc2SCC1c1ccccc1. The van der Waals surface area contributed by atoms with Crippen LogP contribution in [0.3, 0.4) is 0 Å². The molecule has 0 fully saturated rings. The predicted molar refractivity (Wildman–Crippen MR) is 111 cm³/mol. The van der Waals surface area contributed by atoms with E-state index in [0.29, 0.717) is 0 Å². The van der Waals surface area contributed by atoms with E-state index in [9.17, 15) is 4.79 Å². The molecule has 5 nitrogen and oxygen atoms in total. The summed E-state index contributed by atoms with van der Waals surface area (Å²) < 4.78 is 1.68. The summed E-state index contributed by atoms with van der Waals surface area (Å²) >= 11 is 1.79. The van der Waals surface area contributed by atoms with Gasteiger partial charge in [-0.2, -0.15) is 0 Å². The Bertz CT molecular complexity index is 1140. The second-order valence-corrected chi connectivity index (χ2v) is 7.77. The molecule has 0 radical (unpaired) electrons. The summed E-state index contributed by atoms with van der Waals surface area (Å²) in [5.74, 6) is 0.836. The molecule has 0 aliphatic carbocycles. The zero-order valence-electron chi connectivity index (χ0n) is 15.1. The van der Waals surface area contributed by atoms with Crippen LogP contribution in [0.4, 0.5) is 5.69 Å². The van der Waals surface area contributed by atoms with Crippen LogP contribution in [0, 0.1) is 0 Å². The van der Waals surface area contributed by atoms with E-state index < -0.39 is 0 Å². The van der Waals surface area contributed by atoms with Crippen LogP contribution in [0.2, 0.25) is 0 Å². The third-order valence-corrected chi connectivity index (χ3v) is 6.13. The summed E-state index contributed by atoms with van der Waals surface area (Å²) in [7, 11) is 0. The standard InChI is InChI=1S/C22H18N4OS/c27-22(14-25-18-11-5-4-10-17(18)23-24-25)26-19-12-6-7-13-21(19)28-15-20(26)16-8-2-1-3-9-16/h1-13,20H,14-15H2. The minimum Gasteiger partial charge on any atom is -0.301 e. The number of thioether (sulfide) groups is 1. The number of carbonyl (C=O) groups excluding carboxylic acids is 1. The van der Waals surface area contributed by atoms with Gasteiger partial charge in [0, 0.05) is 10.6 Å². The molecule has 1 aliphatic heterocycles. The molecule has 2 heterocycles. The van der Waals surface area contributed by atoms with Crippen LogP contribution in [-0.4, -0.2) is 26.7 Å². The number of amides is 1. The van der Waals surface area contributed by atoms with Gasteiger partial charge in [-0.15, -0.1) is 16.9 Å². The molecule has 1 aromatic heterocycles. The molecule has 1 unspecified atom stereocenters. The Morgan fingerprint density at radius 1 is 0.964 bits per heavy atom. The van der Waals surface area contributed by atoms with Gasteiger partial charge in [0.05, 0.1) is 17.2 Å². The molecular formula is C22H18N4OS. The van der Waals surface area contributed by atoms with Crippen LogP contribution in [0.1, 0.15) is 11.6 Å². The zero-order chi connectivity index (χ0) is 18.9. The number of rotatable bonds is 3. The Kier molecular flexibility index (Phi) is 4.33. The molecule has 1 atom stereocenters. The maximum absolute atomic E-state index is 13.5. The van der Waals surface area contributed by atoms with E-state index in [1.54, 1.807) is 16.4 Å². The van der Waals surface area contributed by atoms with Crippen LogP contribution in [0.5, 0.6) is 0 Å². The smallest absolute Gasteiger partial charge is 0.249 e. The van der Waals surface area contributed by atoms with Gasteiger partial charge in [0.25, 0.3) is 0 Å². The van der Waals surface area contributed by atoms with Crippen molar-refractivity contribution in [3.8, 4) is 0 Å². The maximum atomic E-state index is 13.5. The van der Waals surface area contributed by atoms with Gasteiger partial charge in [-0.25, -0.2) is 4.68 Å². The first-order chi connectivity index (χ1) is 13.8. The average molecular weight is 386 g/mol. The minimum atomic E-state index is -0.0108. The predicted octanol–water partition coefficient (Wildman–Crippen LogP) is 4.31. The van der Waals surface area contributed by atoms with Gasteiger partial charge < -0.3 is 4.90 Å². The topological polar surface area (TPSA) is 51.0 Å². The van der Waals surface area contributed by atoms with Crippen molar-refractivity contribution in [2.45, 2.75) is 17.5 Å². The lowest BCUT2D eigenvalue weighted by molar-refractivity contribution is -0.119. The average Bonchev–Trinajstić information content (AvgIpc) is 3.16. The number of nitrogens with zero attached hydrogens (tertiary/aromatic N) is 4. The summed E-state index contributed by atoms with van der Waals surface area (Å²) in [6.45, 7) is 0.156. The fourth-order valence-electron chi connectivity index (χ4n) is 3.66. The van der Waals surface area contributed by atoms with Crippen molar-refractivity contribution in [3.63, 3.8) is 0 Å². The second-order valence-electron chi connectivity index (χ2n) is 6.70. The molecule has 0 saturated heterocycles. The number of hydrogen-bond acceptors (Lipinski definition) is 4. The number of aromatic nitrogens is 3. The first-order valence-electron chi connectivity index (χ1n) is 9.18. The first-order valence-corrected chi connectivity index (χ1v) is 10.2. The quantitative estimate of drug-likeness (QED) is 0.526. The maximum Gasteiger partial charge on any atom is 0.249 e. The van der Waals surface area contributed by atoms with Gasteiger partial charge in [-0.3, -0.25) is 4.79 Å². The third kappa shape index (κ3) is 2.96. The molecule has 1 amide bonds. The molecule has 1 aliphatic rings. The van der Waals surface area contributed by atoms with E-state index in [0.717, 1.165) is 32.9 Å². The molecule has 0 saturated carbocycles. The zero-order valence-corrected chi connectivity index (χ0v) is 15.9. The molecule has 0 spiro atoms. The van der Waals surface area contributed by atoms with Crippen LogP contribution in [0.25, 0.3) is 11.0 Å². The lowest BCUT2D eigenvalue weighted by Gasteiger charge is -2.37. The van der Waals surface area contributed by atoms with Crippen LogP contribution < -0.4 is 4.90 Å². The lowest BCUT2D eigenvalue weighted by atomic mass is 10.1. The summed E-state index contributed by atoms with van der Waals surface area (Å²) in [6, 6.07) is 26.0. The number of fused-ring (bicyclic) bond motifs is 2.